The minimum Gasteiger partial charge on any atom is -0.317 e. The molecular formula is C16H24N2O2S. The van der Waals surface area contributed by atoms with Gasteiger partial charge in [-0.1, -0.05) is 18.2 Å². The number of hydrogen-bond acceptors (Lipinski definition) is 3. The third-order valence-corrected chi connectivity index (χ3v) is 6.84. The van der Waals surface area contributed by atoms with E-state index in [9.17, 15) is 8.42 Å². The minimum atomic E-state index is -3.30. The van der Waals surface area contributed by atoms with Crippen molar-refractivity contribution in [2.24, 2.45) is 11.8 Å². The molecule has 0 aromatic heterocycles. The molecule has 0 amide bonds. The Morgan fingerprint density at radius 2 is 1.48 bits per heavy atom. The van der Waals surface area contributed by atoms with Crippen molar-refractivity contribution < 1.29 is 8.42 Å². The van der Waals surface area contributed by atoms with E-state index in [2.05, 4.69) is 5.32 Å². The summed E-state index contributed by atoms with van der Waals surface area (Å²) in [5.74, 6) is 1.49. The number of piperidine rings is 2. The van der Waals surface area contributed by atoms with Gasteiger partial charge in [-0.05, 0) is 62.7 Å². The van der Waals surface area contributed by atoms with Crippen LogP contribution in [-0.2, 0) is 10.0 Å². The molecule has 2 saturated heterocycles. The van der Waals surface area contributed by atoms with E-state index in [0.29, 0.717) is 23.9 Å². The van der Waals surface area contributed by atoms with Crippen LogP contribution in [0.5, 0.6) is 0 Å². The zero-order valence-electron chi connectivity index (χ0n) is 12.4. The number of nitrogens with zero attached hydrogens (tertiary/aromatic N) is 1. The SMILES string of the molecule is O=S(=O)(c1ccccc1)N1CCC(C2CCNCC2)CC1. The first-order chi connectivity index (χ1) is 10.2. The van der Waals surface area contributed by atoms with Gasteiger partial charge in [0.05, 0.1) is 4.90 Å². The molecule has 2 aliphatic rings. The van der Waals surface area contributed by atoms with Gasteiger partial charge in [0.1, 0.15) is 0 Å². The zero-order chi connectivity index (χ0) is 14.7. The highest BCUT2D eigenvalue weighted by Gasteiger charge is 2.32. The molecule has 0 spiro atoms. The quantitative estimate of drug-likeness (QED) is 0.930. The van der Waals surface area contributed by atoms with Crippen LogP contribution in [0.1, 0.15) is 25.7 Å². The van der Waals surface area contributed by atoms with Crippen LogP contribution in [0.25, 0.3) is 0 Å². The van der Waals surface area contributed by atoms with Crippen molar-refractivity contribution in [3.05, 3.63) is 30.3 Å². The highest BCUT2D eigenvalue weighted by molar-refractivity contribution is 7.89. The molecule has 0 saturated carbocycles. The van der Waals surface area contributed by atoms with Crippen LogP contribution in [0.15, 0.2) is 35.2 Å². The number of rotatable bonds is 3. The second kappa shape index (κ2) is 6.46. The van der Waals surface area contributed by atoms with E-state index < -0.39 is 10.0 Å². The summed E-state index contributed by atoms with van der Waals surface area (Å²) in [6.07, 6.45) is 4.51. The van der Waals surface area contributed by atoms with E-state index in [4.69, 9.17) is 0 Å². The van der Waals surface area contributed by atoms with Gasteiger partial charge in [-0.3, -0.25) is 0 Å². The monoisotopic (exact) mass is 308 g/mol. The Morgan fingerprint density at radius 1 is 0.905 bits per heavy atom. The molecule has 2 fully saturated rings. The van der Waals surface area contributed by atoms with E-state index in [-0.39, 0.29) is 0 Å². The number of sulfonamides is 1. The van der Waals surface area contributed by atoms with Gasteiger partial charge in [0, 0.05) is 13.1 Å². The molecule has 21 heavy (non-hydrogen) atoms. The number of nitrogens with one attached hydrogen (secondary N) is 1. The molecule has 5 heteroatoms. The van der Waals surface area contributed by atoms with E-state index in [1.807, 2.05) is 6.07 Å². The van der Waals surface area contributed by atoms with Crippen LogP contribution in [0.3, 0.4) is 0 Å². The van der Waals surface area contributed by atoms with E-state index >= 15 is 0 Å². The van der Waals surface area contributed by atoms with Crippen LogP contribution in [0, 0.1) is 11.8 Å². The van der Waals surface area contributed by atoms with Gasteiger partial charge < -0.3 is 5.32 Å². The Kier molecular flexibility index (Phi) is 4.62. The van der Waals surface area contributed by atoms with Gasteiger partial charge in [0.15, 0.2) is 0 Å². The molecule has 0 aliphatic carbocycles. The molecule has 1 aromatic carbocycles. The van der Waals surface area contributed by atoms with Crippen LogP contribution in [0.2, 0.25) is 0 Å². The van der Waals surface area contributed by atoms with Crippen LogP contribution in [-0.4, -0.2) is 38.9 Å². The summed E-state index contributed by atoms with van der Waals surface area (Å²) in [6, 6.07) is 8.80. The van der Waals surface area contributed by atoms with Gasteiger partial charge in [-0.2, -0.15) is 4.31 Å². The fourth-order valence-corrected chi connectivity index (χ4v) is 5.14. The summed E-state index contributed by atoms with van der Waals surface area (Å²) in [5, 5.41) is 3.40. The van der Waals surface area contributed by atoms with Gasteiger partial charge in [-0.15, -0.1) is 0 Å². The molecule has 2 aliphatic heterocycles. The lowest BCUT2D eigenvalue weighted by Crippen LogP contribution is -2.41. The Bertz CT molecular complexity index is 545. The first-order valence-electron chi connectivity index (χ1n) is 7.94. The van der Waals surface area contributed by atoms with Crippen molar-refractivity contribution >= 4 is 10.0 Å². The average molecular weight is 308 g/mol. The Morgan fingerprint density at radius 3 is 2.10 bits per heavy atom. The molecular weight excluding hydrogens is 284 g/mol. The van der Waals surface area contributed by atoms with E-state index in [0.717, 1.165) is 31.8 Å². The predicted molar refractivity (Wildman–Crippen MR) is 83.5 cm³/mol. The molecule has 3 rings (SSSR count). The molecule has 2 heterocycles. The van der Waals surface area contributed by atoms with Crippen LogP contribution < -0.4 is 5.32 Å². The lowest BCUT2D eigenvalue weighted by atomic mass is 9.79. The van der Waals surface area contributed by atoms with Crippen LogP contribution >= 0.6 is 0 Å². The highest BCUT2D eigenvalue weighted by Crippen LogP contribution is 2.32. The summed E-state index contributed by atoms with van der Waals surface area (Å²) < 4.78 is 26.8. The third-order valence-electron chi connectivity index (χ3n) is 4.93. The lowest BCUT2D eigenvalue weighted by molar-refractivity contribution is 0.176. The van der Waals surface area contributed by atoms with E-state index in [1.165, 1.54) is 12.8 Å². The number of hydrogen-bond donors (Lipinski definition) is 1. The molecule has 116 valence electrons. The zero-order valence-corrected chi connectivity index (χ0v) is 13.2. The fourth-order valence-electron chi connectivity index (χ4n) is 3.64. The summed E-state index contributed by atoms with van der Waals surface area (Å²) >= 11 is 0. The summed E-state index contributed by atoms with van der Waals surface area (Å²) in [7, 11) is -3.30. The lowest BCUT2D eigenvalue weighted by Gasteiger charge is -2.37. The number of benzene rings is 1. The Balaban J connectivity index is 1.63. The maximum atomic E-state index is 12.6. The van der Waals surface area contributed by atoms with Gasteiger partial charge in [0.25, 0.3) is 0 Å². The van der Waals surface area contributed by atoms with Crippen molar-refractivity contribution in [3.63, 3.8) is 0 Å². The largest absolute Gasteiger partial charge is 0.317 e. The summed E-state index contributed by atoms with van der Waals surface area (Å²) in [6.45, 7) is 3.58. The summed E-state index contributed by atoms with van der Waals surface area (Å²) in [4.78, 5) is 0.422. The van der Waals surface area contributed by atoms with Gasteiger partial charge in [-0.25, -0.2) is 8.42 Å². The first kappa shape index (κ1) is 15.0. The molecule has 1 aromatic rings. The van der Waals surface area contributed by atoms with Gasteiger partial charge >= 0.3 is 0 Å². The Labute approximate surface area is 127 Å². The van der Waals surface area contributed by atoms with Crippen molar-refractivity contribution in [3.8, 4) is 0 Å². The maximum Gasteiger partial charge on any atom is 0.243 e. The third kappa shape index (κ3) is 3.30. The first-order valence-corrected chi connectivity index (χ1v) is 9.38. The normalized spacial score (nSPS) is 23.2. The smallest absolute Gasteiger partial charge is 0.243 e. The minimum absolute atomic E-state index is 0.422. The molecule has 0 atom stereocenters. The maximum absolute atomic E-state index is 12.6. The van der Waals surface area contributed by atoms with Crippen molar-refractivity contribution in [2.45, 2.75) is 30.6 Å². The van der Waals surface area contributed by atoms with Crippen LogP contribution in [0.4, 0.5) is 0 Å². The standard InChI is InChI=1S/C16H24N2O2S/c19-21(20,16-4-2-1-3-5-16)18-12-8-15(9-13-18)14-6-10-17-11-7-14/h1-5,14-15,17H,6-13H2. The molecule has 0 radical (unpaired) electrons. The molecule has 1 N–H and O–H groups in total. The molecule has 0 unspecified atom stereocenters. The fraction of sp³-hybridized carbons (Fsp3) is 0.625. The Hall–Kier alpha value is -0.910. The predicted octanol–water partition coefficient (Wildman–Crippen LogP) is 2.09. The second-order valence-corrected chi connectivity index (χ2v) is 8.08. The summed E-state index contributed by atoms with van der Waals surface area (Å²) in [5.41, 5.74) is 0. The average Bonchev–Trinajstić information content (AvgIpc) is 2.57. The second-order valence-electron chi connectivity index (χ2n) is 6.14. The highest BCUT2D eigenvalue weighted by atomic mass is 32.2. The molecule has 4 nitrogen and oxygen atoms in total. The molecule has 0 bridgehead atoms. The van der Waals surface area contributed by atoms with Gasteiger partial charge in [0.2, 0.25) is 10.0 Å². The topological polar surface area (TPSA) is 49.4 Å². The van der Waals surface area contributed by atoms with Crippen molar-refractivity contribution in [1.82, 2.24) is 9.62 Å². The van der Waals surface area contributed by atoms with E-state index in [1.54, 1.807) is 28.6 Å². The van der Waals surface area contributed by atoms with Crippen molar-refractivity contribution in [2.75, 3.05) is 26.2 Å². The van der Waals surface area contributed by atoms with Crippen molar-refractivity contribution in [1.29, 1.82) is 0 Å².